The normalized spacial score (nSPS) is 24.1. The van der Waals surface area contributed by atoms with Gasteiger partial charge in [-0.15, -0.1) is 0 Å². The molecular formula is C17H25NO3. The van der Waals surface area contributed by atoms with Crippen molar-refractivity contribution < 1.29 is 14.6 Å². The minimum absolute atomic E-state index is 0.136. The standard InChI is InChI=1S/C17H25NO3/c1-13(21-12-14-8-4-2-5-9-14)17(20)18-15-10-6-3-7-11-16(15)19/h2,4-5,8-9,13,15-16,19H,3,6-7,10-12H2,1H3,(H,18,20). The van der Waals surface area contributed by atoms with Gasteiger partial charge in [-0.1, -0.05) is 49.6 Å². The Morgan fingerprint density at radius 3 is 2.76 bits per heavy atom. The highest BCUT2D eigenvalue weighted by Gasteiger charge is 2.25. The molecule has 0 bridgehead atoms. The monoisotopic (exact) mass is 291 g/mol. The van der Waals surface area contributed by atoms with E-state index in [1.54, 1.807) is 6.92 Å². The van der Waals surface area contributed by atoms with Crippen molar-refractivity contribution in [2.24, 2.45) is 0 Å². The third-order valence-electron chi connectivity index (χ3n) is 4.02. The number of ether oxygens (including phenoxy) is 1. The van der Waals surface area contributed by atoms with Gasteiger partial charge in [-0.25, -0.2) is 0 Å². The number of aliphatic hydroxyl groups excluding tert-OH is 1. The van der Waals surface area contributed by atoms with E-state index < -0.39 is 12.2 Å². The quantitative estimate of drug-likeness (QED) is 0.819. The average molecular weight is 291 g/mol. The molecule has 116 valence electrons. The van der Waals surface area contributed by atoms with Gasteiger partial charge in [0.2, 0.25) is 5.91 Å². The molecule has 4 nitrogen and oxygen atoms in total. The van der Waals surface area contributed by atoms with Crippen LogP contribution in [-0.4, -0.2) is 29.3 Å². The molecule has 1 fully saturated rings. The Labute approximate surface area is 126 Å². The highest BCUT2D eigenvalue weighted by atomic mass is 16.5. The van der Waals surface area contributed by atoms with Crippen LogP contribution in [0.25, 0.3) is 0 Å². The number of nitrogens with one attached hydrogen (secondary N) is 1. The van der Waals surface area contributed by atoms with Gasteiger partial charge in [0.1, 0.15) is 6.10 Å². The summed E-state index contributed by atoms with van der Waals surface area (Å²) < 4.78 is 5.60. The lowest BCUT2D eigenvalue weighted by atomic mass is 10.1. The number of carbonyl (C=O) groups excluding carboxylic acids is 1. The maximum absolute atomic E-state index is 12.1. The van der Waals surface area contributed by atoms with Crippen LogP contribution in [0.5, 0.6) is 0 Å². The summed E-state index contributed by atoms with van der Waals surface area (Å²) in [4.78, 5) is 12.1. The molecule has 21 heavy (non-hydrogen) atoms. The van der Waals surface area contributed by atoms with E-state index in [1.807, 2.05) is 30.3 Å². The number of amides is 1. The maximum atomic E-state index is 12.1. The molecule has 1 saturated carbocycles. The molecule has 0 radical (unpaired) electrons. The number of aliphatic hydroxyl groups is 1. The van der Waals surface area contributed by atoms with Crippen molar-refractivity contribution in [3.8, 4) is 0 Å². The summed E-state index contributed by atoms with van der Waals surface area (Å²) in [5.41, 5.74) is 1.05. The van der Waals surface area contributed by atoms with E-state index in [9.17, 15) is 9.90 Å². The molecular weight excluding hydrogens is 266 g/mol. The van der Waals surface area contributed by atoms with E-state index in [0.717, 1.165) is 37.7 Å². The van der Waals surface area contributed by atoms with Crippen LogP contribution in [0.4, 0.5) is 0 Å². The third kappa shape index (κ3) is 5.14. The second kappa shape index (κ2) is 8.15. The number of hydrogen-bond acceptors (Lipinski definition) is 3. The summed E-state index contributed by atoms with van der Waals surface area (Å²) in [7, 11) is 0. The van der Waals surface area contributed by atoms with Gasteiger partial charge in [0.15, 0.2) is 0 Å². The fourth-order valence-corrected chi connectivity index (χ4v) is 2.63. The van der Waals surface area contributed by atoms with Gasteiger partial charge in [0.25, 0.3) is 0 Å². The average Bonchev–Trinajstić information content (AvgIpc) is 2.71. The van der Waals surface area contributed by atoms with E-state index in [2.05, 4.69) is 5.32 Å². The minimum Gasteiger partial charge on any atom is -0.391 e. The predicted octanol–water partition coefficient (Wildman–Crippen LogP) is 2.40. The molecule has 1 aromatic rings. The summed E-state index contributed by atoms with van der Waals surface area (Å²) in [6.45, 7) is 2.17. The van der Waals surface area contributed by atoms with Gasteiger partial charge < -0.3 is 15.2 Å². The SMILES string of the molecule is CC(OCc1ccccc1)C(=O)NC1CCCCCC1O. The van der Waals surface area contributed by atoms with Gasteiger partial charge >= 0.3 is 0 Å². The van der Waals surface area contributed by atoms with Crippen LogP contribution >= 0.6 is 0 Å². The second-order valence-electron chi connectivity index (χ2n) is 5.76. The van der Waals surface area contributed by atoms with Crippen LogP contribution in [-0.2, 0) is 16.1 Å². The lowest BCUT2D eigenvalue weighted by molar-refractivity contribution is -0.134. The molecule has 0 saturated heterocycles. The third-order valence-corrected chi connectivity index (χ3v) is 4.02. The van der Waals surface area contributed by atoms with Gasteiger partial charge in [0, 0.05) is 0 Å². The Bertz CT molecular complexity index is 435. The van der Waals surface area contributed by atoms with E-state index >= 15 is 0 Å². The first kappa shape index (κ1) is 16.0. The van der Waals surface area contributed by atoms with Crippen molar-refractivity contribution in [3.63, 3.8) is 0 Å². The Kier molecular flexibility index (Phi) is 6.21. The molecule has 1 aliphatic rings. The number of rotatable bonds is 5. The van der Waals surface area contributed by atoms with E-state index in [-0.39, 0.29) is 11.9 Å². The summed E-state index contributed by atoms with van der Waals surface area (Å²) in [6.07, 6.45) is 3.89. The molecule has 0 aromatic heterocycles. The lowest BCUT2D eigenvalue weighted by Gasteiger charge is -2.23. The lowest BCUT2D eigenvalue weighted by Crippen LogP contribution is -2.46. The van der Waals surface area contributed by atoms with E-state index in [1.165, 1.54) is 0 Å². The van der Waals surface area contributed by atoms with Gasteiger partial charge in [-0.2, -0.15) is 0 Å². The second-order valence-corrected chi connectivity index (χ2v) is 5.76. The first-order valence-corrected chi connectivity index (χ1v) is 7.81. The zero-order valence-corrected chi connectivity index (χ0v) is 12.6. The Hall–Kier alpha value is -1.39. The summed E-state index contributed by atoms with van der Waals surface area (Å²) in [5.74, 6) is -0.142. The molecule has 1 aromatic carbocycles. The summed E-state index contributed by atoms with van der Waals surface area (Å²) >= 11 is 0. The molecule has 2 rings (SSSR count). The fraction of sp³-hybridized carbons (Fsp3) is 0.588. The largest absolute Gasteiger partial charge is 0.391 e. The Morgan fingerprint density at radius 2 is 2.00 bits per heavy atom. The molecule has 4 heteroatoms. The van der Waals surface area contributed by atoms with Crippen LogP contribution in [0.15, 0.2) is 30.3 Å². The molecule has 1 amide bonds. The van der Waals surface area contributed by atoms with Crippen molar-refractivity contribution in [1.29, 1.82) is 0 Å². The highest BCUT2D eigenvalue weighted by Crippen LogP contribution is 2.18. The minimum atomic E-state index is -0.513. The fourth-order valence-electron chi connectivity index (χ4n) is 2.63. The summed E-state index contributed by atoms with van der Waals surface area (Å²) in [5, 5.41) is 13.0. The maximum Gasteiger partial charge on any atom is 0.249 e. The van der Waals surface area contributed by atoms with Crippen molar-refractivity contribution in [2.45, 2.75) is 63.9 Å². The van der Waals surface area contributed by atoms with E-state index in [0.29, 0.717) is 6.61 Å². The number of benzene rings is 1. The highest BCUT2D eigenvalue weighted by molar-refractivity contribution is 5.80. The smallest absolute Gasteiger partial charge is 0.249 e. The zero-order chi connectivity index (χ0) is 15.1. The predicted molar refractivity (Wildman–Crippen MR) is 81.7 cm³/mol. The van der Waals surface area contributed by atoms with Crippen molar-refractivity contribution in [1.82, 2.24) is 5.32 Å². The van der Waals surface area contributed by atoms with Crippen LogP contribution in [0.3, 0.4) is 0 Å². The molecule has 3 atom stereocenters. The van der Waals surface area contributed by atoms with Crippen LogP contribution < -0.4 is 5.32 Å². The van der Waals surface area contributed by atoms with Crippen LogP contribution in [0.2, 0.25) is 0 Å². The molecule has 1 aliphatic carbocycles. The molecule has 3 unspecified atom stereocenters. The number of hydrogen-bond donors (Lipinski definition) is 2. The van der Waals surface area contributed by atoms with Crippen molar-refractivity contribution in [3.05, 3.63) is 35.9 Å². The topological polar surface area (TPSA) is 58.6 Å². The van der Waals surface area contributed by atoms with Gasteiger partial charge in [-0.3, -0.25) is 4.79 Å². The zero-order valence-electron chi connectivity index (χ0n) is 12.6. The summed E-state index contributed by atoms with van der Waals surface area (Å²) in [6, 6.07) is 9.66. The van der Waals surface area contributed by atoms with Crippen molar-refractivity contribution in [2.75, 3.05) is 0 Å². The van der Waals surface area contributed by atoms with Crippen molar-refractivity contribution >= 4 is 5.91 Å². The van der Waals surface area contributed by atoms with Gasteiger partial charge in [0.05, 0.1) is 18.8 Å². The van der Waals surface area contributed by atoms with E-state index in [4.69, 9.17) is 4.74 Å². The molecule has 2 N–H and O–H groups in total. The molecule has 0 aliphatic heterocycles. The first-order valence-electron chi connectivity index (χ1n) is 7.81. The Morgan fingerprint density at radius 1 is 1.29 bits per heavy atom. The molecule has 0 heterocycles. The molecule has 0 spiro atoms. The van der Waals surface area contributed by atoms with Crippen LogP contribution in [0.1, 0.15) is 44.6 Å². The number of carbonyl (C=O) groups is 1. The Balaban J connectivity index is 1.79. The first-order chi connectivity index (χ1) is 10.2. The van der Waals surface area contributed by atoms with Gasteiger partial charge in [-0.05, 0) is 25.3 Å². The van der Waals surface area contributed by atoms with Crippen LogP contribution in [0, 0.1) is 0 Å².